The summed E-state index contributed by atoms with van der Waals surface area (Å²) >= 11 is 2.28. The molecule has 6 nitrogen and oxygen atoms in total. The van der Waals surface area contributed by atoms with Gasteiger partial charge in [0.15, 0.2) is 4.80 Å². The summed E-state index contributed by atoms with van der Waals surface area (Å²) in [7, 11) is 1.86. The summed E-state index contributed by atoms with van der Waals surface area (Å²) in [5.74, 6) is -0.0326. The number of hydrogen-bond donors (Lipinski definition) is 0. The van der Waals surface area contributed by atoms with Gasteiger partial charge >= 0.3 is 5.00 Å². The molecule has 2 aromatic heterocycles. The van der Waals surface area contributed by atoms with Gasteiger partial charge in [-0.25, -0.2) is 0 Å². The summed E-state index contributed by atoms with van der Waals surface area (Å²) < 4.78 is 2.93. The number of fused-ring (bicyclic) bond motifs is 1. The molecule has 0 saturated heterocycles. The van der Waals surface area contributed by atoms with Crippen LogP contribution in [0.25, 0.3) is 10.2 Å². The Balaban J connectivity index is 2.04. The fraction of sp³-hybridized carbons (Fsp3) is 0.250. The van der Waals surface area contributed by atoms with Crippen LogP contribution in [0.15, 0.2) is 35.3 Å². The van der Waals surface area contributed by atoms with Crippen LogP contribution in [0.1, 0.15) is 35.0 Å². The first-order valence-corrected chi connectivity index (χ1v) is 8.93. The van der Waals surface area contributed by atoms with E-state index in [1.54, 1.807) is 0 Å². The summed E-state index contributed by atoms with van der Waals surface area (Å²) in [5, 5.41) is 10.7. The zero-order valence-electron chi connectivity index (χ0n) is 13.3. The number of benzene rings is 1. The van der Waals surface area contributed by atoms with E-state index in [2.05, 4.69) is 31.0 Å². The molecule has 0 aliphatic carbocycles. The molecule has 0 bridgehead atoms. The van der Waals surface area contributed by atoms with Gasteiger partial charge in [-0.1, -0.05) is 42.6 Å². The van der Waals surface area contributed by atoms with E-state index >= 15 is 0 Å². The minimum Gasteiger partial charge on any atom is -0.319 e. The number of nitro groups is 1. The van der Waals surface area contributed by atoms with Crippen molar-refractivity contribution in [2.45, 2.75) is 19.8 Å². The summed E-state index contributed by atoms with van der Waals surface area (Å²) in [5.41, 5.74) is 2.24. The number of carbonyl (C=O) groups excluding carboxylic acids is 1. The van der Waals surface area contributed by atoms with E-state index < -0.39 is 10.8 Å². The maximum Gasteiger partial charge on any atom is 0.324 e. The van der Waals surface area contributed by atoms with Crippen LogP contribution < -0.4 is 4.80 Å². The second kappa shape index (κ2) is 6.29. The molecule has 0 saturated carbocycles. The molecule has 24 heavy (non-hydrogen) atoms. The van der Waals surface area contributed by atoms with Crippen molar-refractivity contribution in [1.29, 1.82) is 0 Å². The molecule has 2 heterocycles. The van der Waals surface area contributed by atoms with E-state index in [0.29, 0.717) is 10.7 Å². The van der Waals surface area contributed by atoms with Crippen LogP contribution in [0.5, 0.6) is 0 Å². The highest BCUT2D eigenvalue weighted by atomic mass is 32.1. The van der Waals surface area contributed by atoms with Crippen molar-refractivity contribution in [3.05, 3.63) is 55.7 Å². The van der Waals surface area contributed by atoms with Crippen molar-refractivity contribution in [1.82, 2.24) is 4.57 Å². The Bertz CT molecular complexity index is 1010. The average Bonchev–Trinajstić information content (AvgIpc) is 3.13. The van der Waals surface area contributed by atoms with E-state index in [-0.39, 0.29) is 9.88 Å². The van der Waals surface area contributed by atoms with Crippen LogP contribution in [0.2, 0.25) is 0 Å². The first-order chi connectivity index (χ1) is 11.4. The molecule has 0 N–H and O–H groups in total. The van der Waals surface area contributed by atoms with E-state index in [9.17, 15) is 14.9 Å². The Hall–Kier alpha value is -2.32. The van der Waals surface area contributed by atoms with Crippen LogP contribution in [-0.2, 0) is 7.05 Å². The van der Waals surface area contributed by atoms with Gasteiger partial charge < -0.3 is 4.57 Å². The minimum absolute atomic E-state index is 0.0594. The van der Waals surface area contributed by atoms with Crippen molar-refractivity contribution in [2.75, 3.05) is 0 Å². The predicted octanol–water partition coefficient (Wildman–Crippen LogP) is 4.07. The van der Waals surface area contributed by atoms with Crippen molar-refractivity contribution in [3.8, 4) is 0 Å². The maximum atomic E-state index is 12.3. The SMILES string of the molecule is CC(C)c1ccc2c(c1)sc(=NC(=O)c1ccc([N+](=O)[O-])s1)n2C. The third-order valence-electron chi connectivity index (χ3n) is 3.68. The first kappa shape index (κ1) is 16.5. The monoisotopic (exact) mass is 361 g/mol. The molecule has 0 unspecified atom stereocenters. The standard InChI is InChI=1S/C16H15N3O3S2/c1-9(2)10-4-5-11-13(8-10)24-16(18(11)3)17-15(20)12-6-7-14(23-12)19(21)22/h4-9H,1-3H3. The zero-order valence-corrected chi connectivity index (χ0v) is 15.0. The van der Waals surface area contributed by atoms with Gasteiger partial charge in [-0.05, 0) is 29.7 Å². The minimum atomic E-state index is -0.506. The lowest BCUT2D eigenvalue weighted by Crippen LogP contribution is -2.12. The fourth-order valence-electron chi connectivity index (χ4n) is 2.30. The molecule has 8 heteroatoms. The van der Waals surface area contributed by atoms with Gasteiger partial charge in [0.25, 0.3) is 5.91 Å². The molecule has 1 aromatic carbocycles. The Morgan fingerprint density at radius 1 is 1.25 bits per heavy atom. The number of rotatable bonds is 3. The van der Waals surface area contributed by atoms with Crippen LogP contribution in [-0.4, -0.2) is 15.4 Å². The number of hydrogen-bond acceptors (Lipinski definition) is 5. The second-order valence-electron chi connectivity index (χ2n) is 5.64. The lowest BCUT2D eigenvalue weighted by atomic mass is 10.0. The number of nitrogens with zero attached hydrogens (tertiary/aromatic N) is 3. The number of aromatic nitrogens is 1. The van der Waals surface area contributed by atoms with Crippen LogP contribution in [0, 0.1) is 10.1 Å². The van der Waals surface area contributed by atoms with E-state index in [4.69, 9.17) is 0 Å². The van der Waals surface area contributed by atoms with Gasteiger partial charge in [-0.2, -0.15) is 4.99 Å². The molecule has 0 atom stereocenters. The Labute approximate surface area is 145 Å². The molecule has 3 aromatic rings. The lowest BCUT2D eigenvalue weighted by Gasteiger charge is -2.04. The fourth-order valence-corrected chi connectivity index (χ4v) is 4.07. The van der Waals surface area contributed by atoms with Crippen molar-refractivity contribution in [2.24, 2.45) is 12.0 Å². The molecular formula is C16H15N3O3S2. The number of thiophene rings is 1. The van der Waals surface area contributed by atoms with Gasteiger partial charge in [0.1, 0.15) is 4.88 Å². The largest absolute Gasteiger partial charge is 0.324 e. The van der Waals surface area contributed by atoms with E-state index in [1.807, 2.05) is 17.7 Å². The zero-order chi connectivity index (χ0) is 17.4. The Morgan fingerprint density at radius 3 is 2.62 bits per heavy atom. The van der Waals surface area contributed by atoms with Crippen LogP contribution in [0.3, 0.4) is 0 Å². The number of carbonyl (C=O) groups is 1. The molecule has 0 aliphatic heterocycles. The van der Waals surface area contributed by atoms with Crippen molar-refractivity contribution >= 4 is 43.8 Å². The molecular weight excluding hydrogens is 346 g/mol. The molecule has 3 rings (SSSR count). The third kappa shape index (κ3) is 3.02. The molecule has 0 fully saturated rings. The number of aryl methyl sites for hydroxylation is 1. The summed E-state index contributed by atoms with van der Waals surface area (Å²) in [4.78, 5) is 27.5. The van der Waals surface area contributed by atoms with Gasteiger partial charge in [0.05, 0.1) is 15.1 Å². The third-order valence-corrected chi connectivity index (χ3v) is 5.80. The van der Waals surface area contributed by atoms with Gasteiger partial charge in [-0.3, -0.25) is 14.9 Å². The van der Waals surface area contributed by atoms with Crippen molar-refractivity contribution < 1.29 is 9.72 Å². The highest BCUT2D eigenvalue weighted by Gasteiger charge is 2.15. The van der Waals surface area contributed by atoms with Gasteiger partial charge in [-0.15, -0.1) is 0 Å². The quantitative estimate of drug-likeness (QED) is 0.521. The normalized spacial score (nSPS) is 12.2. The molecule has 0 aliphatic rings. The van der Waals surface area contributed by atoms with Crippen molar-refractivity contribution in [3.63, 3.8) is 0 Å². The highest BCUT2D eigenvalue weighted by Crippen LogP contribution is 2.25. The number of amides is 1. The molecule has 124 valence electrons. The second-order valence-corrected chi connectivity index (χ2v) is 7.71. The maximum absolute atomic E-state index is 12.3. The summed E-state index contributed by atoms with van der Waals surface area (Å²) in [6.07, 6.45) is 0. The lowest BCUT2D eigenvalue weighted by molar-refractivity contribution is -0.380. The van der Waals surface area contributed by atoms with Gasteiger partial charge in [0, 0.05) is 13.1 Å². The summed E-state index contributed by atoms with van der Waals surface area (Å²) in [6, 6.07) is 8.99. The molecule has 0 spiro atoms. The topological polar surface area (TPSA) is 77.5 Å². The first-order valence-electron chi connectivity index (χ1n) is 7.29. The average molecular weight is 361 g/mol. The Morgan fingerprint density at radius 2 is 2.00 bits per heavy atom. The molecule has 1 amide bonds. The van der Waals surface area contributed by atoms with E-state index in [0.717, 1.165) is 21.6 Å². The van der Waals surface area contributed by atoms with Gasteiger partial charge in [0.2, 0.25) is 0 Å². The van der Waals surface area contributed by atoms with Crippen LogP contribution in [0.4, 0.5) is 5.00 Å². The number of thiazole rings is 1. The predicted molar refractivity (Wildman–Crippen MR) is 95.8 cm³/mol. The Kier molecular flexibility index (Phi) is 4.33. The smallest absolute Gasteiger partial charge is 0.319 e. The van der Waals surface area contributed by atoms with Crippen LogP contribution >= 0.6 is 22.7 Å². The van der Waals surface area contributed by atoms with E-state index in [1.165, 1.54) is 29.0 Å². The molecule has 0 radical (unpaired) electrons. The summed E-state index contributed by atoms with van der Waals surface area (Å²) in [6.45, 7) is 4.26. The highest BCUT2D eigenvalue weighted by molar-refractivity contribution is 7.17.